The Labute approximate surface area is 88.4 Å². The molecular formula is C10H15N3O2. The Morgan fingerprint density at radius 3 is 3.13 bits per heavy atom. The third kappa shape index (κ3) is 2.56. The van der Waals surface area contributed by atoms with Crippen LogP contribution in [0.5, 0.6) is 0 Å². The van der Waals surface area contributed by atoms with Gasteiger partial charge in [-0.2, -0.15) is 5.10 Å². The van der Waals surface area contributed by atoms with Crippen molar-refractivity contribution in [1.29, 1.82) is 0 Å². The molecule has 1 aromatic heterocycles. The number of rotatable bonds is 2. The minimum Gasteiger partial charge on any atom is -0.368 e. The molecule has 0 aliphatic carbocycles. The highest BCUT2D eigenvalue weighted by atomic mass is 16.5. The van der Waals surface area contributed by atoms with Crippen LogP contribution in [0.4, 0.5) is 5.69 Å². The molecule has 1 amide bonds. The number of aryl methyl sites for hydroxylation is 1. The van der Waals surface area contributed by atoms with Gasteiger partial charge in [0.15, 0.2) is 0 Å². The van der Waals surface area contributed by atoms with Crippen LogP contribution in [-0.4, -0.2) is 28.4 Å². The van der Waals surface area contributed by atoms with Crippen LogP contribution < -0.4 is 5.32 Å². The summed E-state index contributed by atoms with van der Waals surface area (Å²) in [7, 11) is 1.81. The average molecular weight is 209 g/mol. The maximum atomic E-state index is 11.7. The molecule has 1 atom stereocenters. The second-order valence-electron chi connectivity index (χ2n) is 3.75. The molecule has 0 bridgehead atoms. The van der Waals surface area contributed by atoms with Crippen molar-refractivity contribution in [2.75, 3.05) is 11.9 Å². The van der Waals surface area contributed by atoms with Gasteiger partial charge in [-0.3, -0.25) is 9.48 Å². The van der Waals surface area contributed by atoms with Gasteiger partial charge < -0.3 is 10.1 Å². The summed E-state index contributed by atoms with van der Waals surface area (Å²) < 4.78 is 7.03. The molecule has 5 nitrogen and oxygen atoms in total. The minimum absolute atomic E-state index is 0.0669. The van der Waals surface area contributed by atoms with Gasteiger partial charge in [-0.05, 0) is 19.3 Å². The molecule has 1 aliphatic rings. The Balaban J connectivity index is 1.91. The Bertz CT molecular complexity index is 342. The second-order valence-corrected chi connectivity index (χ2v) is 3.75. The van der Waals surface area contributed by atoms with Gasteiger partial charge in [0.05, 0.1) is 11.9 Å². The Morgan fingerprint density at radius 1 is 1.67 bits per heavy atom. The molecule has 15 heavy (non-hydrogen) atoms. The van der Waals surface area contributed by atoms with E-state index in [1.807, 2.05) is 7.05 Å². The predicted molar refractivity (Wildman–Crippen MR) is 55.4 cm³/mol. The highest BCUT2D eigenvalue weighted by Gasteiger charge is 2.21. The van der Waals surface area contributed by atoms with Gasteiger partial charge in [0.25, 0.3) is 5.91 Å². The lowest BCUT2D eigenvalue weighted by molar-refractivity contribution is -0.129. The highest BCUT2D eigenvalue weighted by Crippen LogP contribution is 2.14. The highest BCUT2D eigenvalue weighted by molar-refractivity contribution is 5.93. The fraction of sp³-hybridized carbons (Fsp3) is 0.600. The third-order valence-electron chi connectivity index (χ3n) is 2.44. The number of nitrogens with zero attached hydrogens (tertiary/aromatic N) is 2. The van der Waals surface area contributed by atoms with Crippen molar-refractivity contribution in [3.05, 3.63) is 12.4 Å². The van der Waals surface area contributed by atoms with E-state index in [-0.39, 0.29) is 12.0 Å². The Hall–Kier alpha value is -1.36. The summed E-state index contributed by atoms with van der Waals surface area (Å²) in [6.45, 7) is 0.686. The SMILES string of the molecule is Cn1cc(NC(=O)[C@@H]2CCCCO2)cn1. The van der Waals surface area contributed by atoms with Crippen molar-refractivity contribution in [3.63, 3.8) is 0 Å². The van der Waals surface area contributed by atoms with Crippen LogP contribution in [0.15, 0.2) is 12.4 Å². The summed E-state index contributed by atoms with van der Waals surface area (Å²) in [4.78, 5) is 11.7. The van der Waals surface area contributed by atoms with E-state index in [0.29, 0.717) is 6.61 Å². The van der Waals surface area contributed by atoms with Gasteiger partial charge in [-0.25, -0.2) is 0 Å². The largest absolute Gasteiger partial charge is 0.368 e. The molecule has 1 aromatic rings. The summed E-state index contributed by atoms with van der Waals surface area (Å²) in [5.41, 5.74) is 0.719. The van der Waals surface area contributed by atoms with Gasteiger partial charge in [0.1, 0.15) is 6.10 Å². The van der Waals surface area contributed by atoms with E-state index < -0.39 is 0 Å². The van der Waals surface area contributed by atoms with Crippen molar-refractivity contribution in [1.82, 2.24) is 9.78 Å². The maximum Gasteiger partial charge on any atom is 0.253 e. The number of carbonyl (C=O) groups is 1. The number of hydrogen-bond donors (Lipinski definition) is 1. The van der Waals surface area contributed by atoms with Crippen LogP contribution >= 0.6 is 0 Å². The first-order valence-corrected chi connectivity index (χ1v) is 5.17. The van der Waals surface area contributed by atoms with E-state index >= 15 is 0 Å². The number of anilines is 1. The van der Waals surface area contributed by atoms with Crippen molar-refractivity contribution < 1.29 is 9.53 Å². The van der Waals surface area contributed by atoms with E-state index in [4.69, 9.17) is 4.74 Å². The lowest BCUT2D eigenvalue weighted by Crippen LogP contribution is -2.33. The Kier molecular flexibility index (Phi) is 3.01. The smallest absolute Gasteiger partial charge is 0.253 e. The molecule has 0 aromatic carbocycles. The van der Waals surface area contributed by atoms with E-state index in [9.17, 15) is 4.79 Å². The van der Waals surface area contributed by atoms with Crippen LogP contribution in [0.25, 0.3) is 0 Å². The van der Waals surface area contributed by atoms with Crippen LogP contribution in [0, 0.1) is 0 Å². The summed E-state index contributed by atoms with van der Waals surface area (Å²) in [6.07, 6.45) is 6.02. The molecule has 0 saturated carbocycles. The van der Waals surface area contributed by atoms with E-state index in [1.165, 1.54) is 0 Å². The standard InChI is InChI=1S/C10H15N3O2/c1-13-7-8(6-11-13)12-10(14)9-4-2-3-5-15-9/h6-7,9H,2-5H2,1H3,(H,12,14)/t9-/m0/s1. The van der Waals surface area contributed by atoms with Crippen LogP contribution in [0.1, 0.15) is 19.3 Å². The predicted octanol–water partition coefficient (Wildman–Crippen LogP) is 0.928. The first-order valence-electron chi connectivity index (χ1n) is 5.17. The number of nitrogens with one attached hydrogen (secondary N) is 1. The zero-order valence-electron chi connectivity index (χ0n) is 8.77. The fourth-order valence-corrected chi connectivity index (χ4v) is 1.66. The number of amides is 1. The van der Waals surface area contributed by atoms with Crippen molar-refractivity contribution in [2.45, 2.75) is 25.4 Å². The van der Waals surface area contributed by atoms with Crippen molar-refractivity contribution in [2.24, 2.45) is 7.05 Å². The van der Waals surface area contributed by atoms with E-state index in [2.05, 4.69) is 10.4 Å². The quantitative estimate of drug-likeness (QED) is 0.788. The summed E-state index contributed by atoms with van der Waals surface area (Å²) in [6, 6.07) is 0. The molecule has 0 radical (unpaired) electrons. The lowest BCUT2D eigenvalue weighted by atomic mass is 10.1. The molecular weight excluding hydrogens is 194 g/mol. The molecule has 0 spiro atoms. The number of ether oxygens (including phenoxy) is 1. The van der Waals surface area contributed by atoms with E-state index in [0.717, 1.165) is 24.9 Å². The first kappa shape index (κ1) is 10.2. The van der Waals surface area contributed by atoms with Crippen molar-refractivity contribution in [3.8, 4) is 0 Å². The summed E-state index contributed by atoms with van der Waals surface area (Å²) in [5, 5.41) is 6.76. The zero-order chi connectivity index (χ0) is 10.7. The number of carbonyl (C=O) groups excluding carboxylic acids is 1. The molecule has 0 unspecified atom stereocenters. The first-order chi connectivity index (χ1) is 7.25. The third-order valence-corrected chi connectivity index (χ3v) is 2.44. The zero-order valence-corrected chi connectivity index (χ0v) is 8.77. The van der Waals surface area contributed by atoms with Crippen LogP contribution in [0.3, 0.4) is 0 Å². The molecule has 1 fully saturated rings. The molecule has 2 rings (SSSR count). The molecule has 1 saturated heterocycles. The van der Waals surface area contributed by atoms with Crippen molar-refractivity contribution >= 4 is 11.6 Å². The normalized spacial score (nSPS) is 21.3. The average Bonchev–Trinajstić information content (AvgIpc) is 2.65. The number of hydrogen-bond acceptors (Lipinski definition) is 3. The molecule has 82 valence electrons. The lowest BCUT2D eigenvalue weighted by Gasteiger charge is -2.21. The summed E-state index contributed by atoms with van der Waals surface area (Å²) >= 11 is 0. The van der Waals surface area contributed by atoms with Crippen LogP contribution in [-0.2, 0) is 16.6 Å². The molecule has 1 aliphatic heterocycles. The summed E-state index contributed by atoms with van der Waals surface area (Å²) in [5.74, 6) is -0.0669. The topological polar surface area (TPSA) is 56.2 Å². The number of aromatic nitrogens is 2. The minimum atomic E-state index is -0.293. The van der Waals surface area contributed by atoms with Crippen LogP contribution in [0.2, 0.25) is 0 Å². The van der Waals surface area contributed by atoms with Gasteiger partial charge in [0, 0.05) is 19.9 Å². The fourth-order valence-electron chi connectivity index (χ4n) is 1.66. The Morgan fingerprint density at radius 2 is 2.53 bits per heavy atom. The maximum absolute atomic E-state index is 11.7. The molecule has 5 heteroatoms. The second kappa shape index (κ2) is 4.44. The van der Waals surface area contributed by atoms with Gasteiger partial charge in [-0.15, -0.1) is 0 Å². The monoisotopic (exact) mass is 209 g/mol. The molecule has 2 heterocycles. The van der Waals surface area contributed by atoms with Gasteiger partial charge in [0.2, 0.25) is 0 Å². The van der Waals surface area contributed by atoms with Gasteiger partial charge in [-0.1, -0.05) is 0 Å². The molecule has 1 N–H and O–H groups in total. The van der Waals surface area contributed by atoms with Gasteiger partial charge >= 0.3 is 0 Å². The van der Waals surface area contributed by atoms with E-state index in [1.54, 1.807) is 17.1 Å².